The minimum Gasteiger partial charge on any atom is -0.342 e. The molecule has 1 atom stereocenters. The van der Waals surface area contributed by atoms with Crippen molar-refractivity contribution in [2.24, 2.45) is 11.8 Å². The van der Waals surface area contributed by atoms with E-state index in [1.165, 1.54) is 56.5 Å². The first-order valence-corrected chi connectivity index (χ1v) is 10.0. The zero-order chi connectivity index (χ0) is 16.5. The van der Waals surface area contributed by atoms with Gasteiger partial charge < -0.3 is 9.47 Å². The van der Waals surface area contributed by atoms with Crippen LogP contribution in [0.5, 0.6) is 0 Å². The third kappa shape index (κ3) is 3.52. The number of amides is 1. The molecule has 1 unspecified atom stereocenters. The molecule has 2 heterocycles. The van der Waals surface area contributed by atoms with E-state index >= 15 is 0 Å². The summed E-state index contributed by atoms with van der Waals surface area (Å²) in [4.78, 5) is 19.5. The summed E-state index contributed by atoms with van der Waals surface area (Å²) < 4.78 is 2.44. The number of aryl methyl sites for hydroxylation is 1. The summed E-state index contributed by atoms with van der Waals surface area (Å²) in [5.74, 6) is 3.66. The zero-order valence-electron chi connectivity index (χ0n) is 15.0. The van der Waals surface area contributed by atoms with Gasteiger partial charge in [0.15, 0.2) is 0 Å². The Kier molecular flexibility index (Phi) is 4.64. The molecule has 1 saturated heterocycles. The molecule has 0 aromatic carbocycles. The Balaban J connectivity index is 1.36. The molecule has 132 valence electrons. The molecule has 0 radical (unpaired) electrons. The van der Waals surface area contributed by atoms with Gasteiger partial charge in [0.1, 0.15) is 5.82 Å². The van der Waals surface area contributed by atoms with E-state index in [9.17, 15) is 4.79 Å². The fraction of sp³-hybridized carbons (Fsp3) is 0.800. The monoisotopic (exact) mass is 329 g/mol. The molecular formula is C20H31N3O. The number of hydrogen-bond donors (Lipinski definition) is 0. The van der Waals surface area contributed by atoms with Crippen LogP contribution in [-0.4, -0.2) is 33.4 Å². The van der Waals surface area contributed by atoms with Crippen LogP contribution in [-0.2, 0) is 11.3 Å². The van der Waals surface area contributed by atoms with Gasteiger partial charge in [-0.25, -0.2) is 4.98 Å². The lowest BCUT2D eigenvalue weighted by Gasteiger charge is -2.34. The molecule has 24 heavy (non-hydrogen) atoms. The van der Waals surface area contributed by atoms with Gasteiger partial charge in [-0.05, 0) is 57.3 Å². The summed E-state index contributed by atoms with van der Waals surface area (Å²) in [7, 11) is 0. The lowest BCUT2D eigenvalue weighted by Crippen LogP contribution is -2.41. The number of carbonyl (C=O) groups excluding carboxylic acids is 1. The number of likely N-dealkylation sites (tertiary alicyclic amines) is 1. The number of hydrogen-bond acceptors (Lipinski definition) is 2. The van der Waals surface area contributed by atoms with Crippen molar-refractivity contribution in [3.63, 3.8) is 0 Å². The molecule has 0 N–H and O–H groups in total. The van der Waals surface area contributed by atoms with Crippen LogP contribution in [0.15, 0.2) is 6.20 Å². The molecular weight excluding hydrogens is 298 g/mol. The SMILES string of the molecule is Cc1cnc(C2CC2)n1CC1CCCN(C(=O)CC2CCCC2)C1. The van der Waals surface area contributed by atoms with Crippen molar-refractivity contribution in [1.29, 1.82) is 0 Å². The second-order valence-corrected chi connectivity index (χ2v) is 8.35. The normalized spacial score (nSPS) is 25.4. The first-order valence-electron chi connectivity index (χ1n) is 10.0. The fourth-order valence-electron chi connectivity index (χ4n) is 4.67. The van der Waals surface area contributed by atoms with Crippen molar-refractivity contribution in [3.05, 3.63) is 17.7 Å². The Hall–Kier alpha value is -1.32. The van der Waals surface area contributed by atoms with Gasteiger partial charge in [-0.15, -0.1) is 0 Å². The lowest BCUT2D eigenvalue weighted by molar-refractivity contribution is -0.134. The number of carbonyl (C=O) groups is 1. The summed E-state index contributed by atoms with van der Waals surface area (Å²) in [5, 5.41) is 0. The summed E-state index contributed by atoms with van der Waals surface area (Å²) >= 11 is 0. The van der Waals surface area contributed by atoms with Gasteiger partial charge >= 0.3 is 0 Å². The number of piperidine rings is 1. The summed E-state index contributed by atoms with van der Waals surface area (Å²) in [6, 6.07) is 0. The molecule has 3 aliphatic rings. The van der Waals surface area contributed by atoms with E-state index in [0.717, 1.165) is 32.5 Å². The smallest absolute Gasteiger partial charge is 0.222 e. The van der Waals surface area contributed by atoms with E-state index in [0.29, 0.717) is 23.7 Å². The molecule has 2 aliphatic carbocycles. The average molecular weight is 329 g/mol. The molecule has 1 aromatic heterocycles. The van der Waals surface area contributed by atoms with Gasteiger partial charge in [0, 0.05) is 43.9 Å². The van der Waals surface area contributed by atoms with Crippen LogP contribution < -0.4 is 0 Å². The van der Waals surface area contributed by atoms with E-state index in [-0.39, 0.29) is 0 Å². The molecule has 0 bridgehead atoms. The Morgan fingerprint density at radius 1 is 1.12 bits per heavy atom. The predicted molar refractivity (Wildman–Crippen MR) is 94.8 cm³/mol. The van der Waals surface area contributed by atoms with Gasteiger partial charge in [0.2, 0.25) is 5.91 Å². The highest BCUT2D eigenvalue weighted by atomic mass is 16.2. The molecule has 1 amide bonds. The molecule has 3 fully saturated rings. The van der Waals surface area contributed by atoms with Crippen molar-refractivity contribution < 1.29 is 4.79 Å². The highest BCUT2D eigenvalue weighted by Crippen LogP contribution is 2.40. The van der Waals surface area contributed by atoms with Crippen molar-refractivity contribution in [2.45, 2.75) is 77.2 Å². The standard InChI is InChI=1S/C20H31N3O/c1-15-12-21-20(18-8-9-18)23(15)14-17-7-4-10-22(13-17)19(24)11-16-5-2-3-6-16/h12,16-18H,2-11,13-14H2,1H3. The molecule has 4 heteroatoms. The van der Waals surface area contributed by atoms with Crippen molar-refractivity contribution >= 4 is 5.91 Å². The second-order valence-electron chi connectivity index (χ2n) is 8.35. The summed E-state index contributed by atoms with van der Waals surface area (Å²) in [6.45, 7) is 5.14. The fourth-order valence-corrected chi connectivity index (χ4v) is 4.67. The van der Waals surface area contributed by atoms with E-state index < -0.39 is 0 Å². The molecule has 1 aromatic rings. The topological polar surface area (TPSA) is 38.1 Å². The summed E-state index contributed by atoms with van der Waals surface area (Å²) in [5.41, 5.74) is 1.28. The van der Waals surface area contributed by atoms with Gasteiger partial charge in [-0.3, -0.25) is 4.79 Å². The minimum atomic E-state index is 0.413. The predicted octanol–water partition coefficient (Wildman–Crippen LogP) is 3.89. The first-order chi connectivity index (χ1) is 11.7. The molecule has 0 spiro atoms. The maximum Gasteiger partial charge on any atom is 0.222 e. The maximum atomic E-state index is 12.7. The third-order valence-corrected chi connectivity index (χ3v) is 6.28. The van der Waals surface area contributed by atoms with E-state index in [1.54, 1.807) is 0 Å². The van der Waals surface area contributed by atoms with Gasteiger partial charge in [-0.1, -0.05) is 12.8 Å². The number of imidazole rings is 1. The molecule has 1 aliphatic heterocycles. The Bertz CT molecular complexity index is 584. The van der Waals surface area contributed by atoms with Crippen molar-refractivity contribution in [1.82, 2.24) is 14.5 Å². The number of rotatable bonds is 5. The highest BCUT2D eigenvalue weighted by molar-refractivity contribution is 5.76. The van der Waals surface area contributed by atoms with Gasteiger partial charge in [0.05, 0.1) is 0 Å². The van der Waals surface area contributed by atoms with Crippen molar-refractivity contribution in [2.75, 3.05) is 13.1 Å². The van der Waals surface area contributed by atoms with Crippen LogP contribution in [0, 0.1) is 18.8 Å². The van der Waals surface area contributed by atoms with Gasteiger partial charge in [-0.2, -0.15) is 0 Å². The lowest BCUT2D eigenvalue weighted by atomic mass is 9.96. The number of aromatic nitrogens is 2. The zero-order valence-corrected chi connectivity index (χ0v) is 15.0. The Morgan fingerprint density at radius 2 is 1.88 bits per heavy atom. The number of nitrogens with zero attached hydrogens (tertiary/aromatic N) is 3. The van der Waals surface area contributed by atoms with E-state index in [1.807, 2.05) is 6.20 Å². The molecule has 4 rings (SSSR count). The minimum absolute atomic E-state index is 0.413. The quantitative estimate of drug-likeness (QED) is 0.822. The van der Waals surface area contributed by atoms with E-state index in [4.69, 9.17) is 0 Å². The second kappa shape index (κ2) is 6.89. The summed E-state index contributed by atoms with van der Waals surface area (Å²) in [6.07, 6.45) is 13.0. The van der Waals surface area contributed by atoms with Gasteiger partial charge in [0.25, 0.3) is 0 Å². The van der Waals surface area contributed by atoms with Crippen LogP contribution in [0.2, 0.25) is 0 Å². The molecule has 2 saturated carbocycles. The van der Waals surface area contributed by atoms with Crippen LogP contribution in [0.1, 0.15) is 75.2 Å². The average Bonchev–Trinajstić information content (AvgIpc) is 3.19. The van der Waals surface area contributed by atoms with Crippen LogP contribution in [0.3, 0.4) is 0 Å². The Labute approximate surface area is 145 Å². The van der Waals surface area contributed by atoms with Crippen LogP contribution in [0.25, 0.3) is 0 Å². The van der Waals surface area contributed by atoms with Crippen LogP contribution >= 0.6 is 0 Å². The van der Waals surface area contributed by atoms with Crippen molar-refractivity contribution in [3.8, 4) is 0 Å². The highest BCUT2D eigenvalue weighted by Gasteiger charge is 2.31. The maximum absolute atomic E-state index is 12.7. The largest absolute Gasteiger partial charge is 0.342 e. The first kappa shape index (κ1) is 16.2. The third-order valence-electron chi connectivity index (χ3n) is 6.28. The van der Waals surface area contributed by atoms with Crippen LogP contribution in [0.4, 0.5) is 0 Å². The van der Waals surface area contributed by atoms with E-state index in [2.05, 4.69) is 21.4 Å². The Morgan fingerprint density at radius 3 is 2.62 bits per heavy atom. The molecule has 4 nitrogen and oxygen atoms in total.